The molecular formula is C52H81NO10P+. The third-order valence-electron chi connectivity index (χ3n) is 8.55. The minimum atomic E-state index is -4.46. The molecule has 0 aliphatic rings. The van der Waals surface area contributed by atoms with Gasteiger partial charge in [-0.1, -0.05) is 160 Å². The van der Waals surface area contributed by atoms with Crippen LogP contribution in [0.4, 0.5) is 0 Å². The Labute approximate surface area is 386 Å². The number of carbonyl (C=O) groups excluding carboxylic acids is 2. The molecule has 12 heteroatoms. The third kappa shape index (κ3) is 44.4. The van der Waals surface area contributed by atoms with Gasteiger partial charge in [0.25, 0.3) is 0 Å². The number of carbonyl (C=O) groups is 2. The maximum atomic E-state index is 12.7. The topological polar surface area (TPSA) is 149 Å². The van der Waals surface area contributed by atoms with E-state index in [1.807, 2.05) is 75.8 Å². The normalized spacial score (nSPS) is 15.8. The highest BCUT2D eigenvalue weighted by atomic mass is 31.2. The molecule has 4 atom stereocenters. The number of quaternary nitrogens is 1. The van der Waals surface area contributed by atoms with Gasteiger partial charge in [-0.2, -0.15) is 0 Å². The Bertz CT molecular complexity index is 1620. The first-order valence-electron chi connectivity index (χ1n) is 22.8. The Morgan fingerprint density at radius 2 is 1.11 bits per heavy atom. The molecule has 3 N–H and O–H groups in total. The SMILES string of the molecule is CC/C=C\C/C=C\C/C=C\C/C=C\C/C=C\C/C=C\CCC(=O)O[C@H](COC(=O)CCC/C=C\[C@H](O)/C=C/C=C\C/C=C\C=C\[C@H](O)C/C=C\CC)COP(=O)(O)OCC[N+](C)(C)C. The van der Waals surface area contributed by atoms with Gasteiger partial charge in [0.1, 0.15) is 19.8 Å². The second-order valence-corrected chi connectivity index (χ2v) is 17.2. The Morgan fingerprint density at radius 1 is 0.578 bits per heavy atom. The van der Waals surface area contributed by atoms with Crippen LogP contribution in [-0.2, 0) is 32.7 Å². The number of phosphoric acid groups is 1. The fourth-order valence-corrected chi connectivity index (χ4v) is 5.75. The van der Waals surface area contributed by atoms with Crippen molar-refractivity contribution in [3.05, 3.63) is 146 Å². The van der Waals surface area contributed by atoms with Crippen LogP contribution in [0.3, 0.4) is 0 Å². The number of aliphatic hydroxyl groups is 2. The number of aliphatic hydroxyl groups excluding tert-OH is 2. The predicted molar refractivity (Wildman–Crippen MR) is 263 cm³/mol. The zero-order valence-corrected chi connectivity index (χ0v) is 40.3. The van der Waals surface area contributed by atoms with Crippen LogP contribution in [-0.4, -0.2) is 97.3 Å². The summed E-state index contributed by atoms with van der Waals surface area (Å²) >= 11 is 0. The molecule has 0 fully saturated rings. The zero-order valence-electron chi connectivity index (χ0n) is 39.4. The van der Waals surface area contributed by atoms with E-state index in [0.717, 1.165) is 44.9 Å². The van der Waals surface area contributed by atoms with E-state index in [0.29, 0.717) is 43.1 Å². The van der Waals surface area contributed by atoms with Crippen molar-refractivity contribution in [2.45, 2.75) is 122 Å². The number of rotatable bonds is 38. The molecular weight excluding hydrogens is 830 g/mol. The van der Waals surface area contributed by atoms with Crippen molar-refractivity contribution in [1.82, 2.24) is 0 Å². The van der Waals surface area contributed by atoms with E-state index in [1.54, 1.807) is 30.4 Å². The first-order chi connectivity index (χ1) is 30.8. The maximum absolute atomic E-state index is 12.7. The highest BCUT2D eigenvalue weighted by molar-refractivity contribution is 7.47. The second kappa shape index (κ2) is 41.5. The van der Waals surface area contributed by atoms with Crippen molar-refractivity contribution in [2.24, 2.45) is 0 Å². The molecule has 0 heterocycles. The van der Waals surface area contributed by atoms with Crippen molar-refractivity contribution in [3.8, 4) is 0 Å². The predicted octanol–water partition coefficient (Wildman–Crippen LogP) is 11.2. The van der Waals surface area contributed by atoms with Gasteiger partial charge in [0.2, 0.25) is 0 Å². The summed E-state index contributed by atoms with van der Waals surface area (Å²) in [6, 6.07) is 0. The van der Waals surface area contributed by atoms with Crippen LogP contribution < -0.4 is 0 Å². The van der Waals surface area contributed by atoms with Gasteiger partial charge in [0, 0.05) is 12.8 Å². The van der Waals surface area contributed by atoms with E-state index in [2.05, 4.69) is 74.6 Å². The van der Waals surface area contributed by atoms with Crippen LogP contribution in [0.2, 0.25) is 0 Å². The number of unbranched alkanes of at least 4 members (excludes halogenated alkanes) is 1. The van der Waals surface area contributed by atoms with Crippen LogP contribution >= 0.6 is 7.82 Å². The molecule has 0 radical (unpaired) electrons. The first-order valence-corrected chi connectivity index (χ1v) is 24.3. The molecule has 0 aromatic heterocycles. The highest BCUT2D eigenvalue weighted by Gasteiger charge is 2.27. The van der Waals surface area contributed by atoms with Gasteiger partial charge in [-0.3, -0.25) is 18.6 Å². The molecule has 0 aliphatic heterocycles. The van der Waals surface area contributed by atoms with Crippen molar-refractivity contribution >= 4 is 19.8 Å². The number of nitrogens with zero attached hydrogens (tertiary/aromatic N) is 1. The number of phosphoric ester groups is 1. The van der Waals surface area contributed by atoms with Gasteiger partial charge in [0.05, 0.1) is 40.0 Å². The molecule has 0 saturated heterocycles. The lowest BCUT2D eigenvalue weighted by Gasteiger charge is -2.24. The minimum Gasteiger partial charge on any atom is -0.462 e. The summed E-state index contributed by atoms with van der Waals surface area (Å²) in [5, 5.41) is 20.0. The maximum Gasteiger partial charge on any atom is 0.472 e. The summed E-state index contributed by atoms with van der Waals surface area (Å²) in [5.74, 6) is -1.10. The fourth-order valence-electron chi connectivity index (χ4n) is 5.01. The standard InChI is InChI=1S/C52H80NO10P/c1-6-8-10-11-12-13-14-15-16-17-18-19-20-21-22-23-27-30-36-43-52(57)63-50(47-62-64(58,59)61-45-44-53(3,4)5)46-60-51(56)42-37-31-35-41-49(55)40-34-29-26-24-25-28-33-39-48(54)38-32-9-7-2/h8-10,12-13,15-16,18-19,21-22,25-30,32-35,39-41,48-50,54-55H,6-7,11,14,17,20,23-24,31,36-38,42-47H2,1-5H3/p+1/b10-8-,13-12-,16-15-,19-18-,22-21-,28-25-,29-26-,30-27-,32-9-,39-33+,40-34+,41-35-/t48-,49-,50-/m1/s1. The molecule has 0 spiro atoms. The lowest BCUT2D eigenvalue weighted by atomic mass is 10.2. The summed E-state index contributed by atoms with van der Waals surface area (Å²) in [6.07, 6.45) is 54.2. The monoisotopic (exact) mass is 911 g/mol. The molecule has 0 rings (SSSR count). The number of allylic oxidation sites excluding steroid dienone is 20. The van der Waals surface area contributed by atoms with E-state index in [9.17, 15) is 29.3 Å². The van der Waals surface area contributed by atoms with Crippen LogP contribution in [0.15, 0.2) is 146 Å². The summed E-state index contributed by atoms with van der Waals surface area (Å²) in [4.78, 5) is 35.4. The highest BCUT2D eigenvalue weighted by Crippen LogP contribution is 2.43. The molecule has 0 saturated carbocycles. The Kier molecular flexibility index (Phi) is 38.8. The average molecular weight is 911 g/mol. The van der Waals surface area contributed by atoms with Crippen molar-refractivity contribution < 1.29 is 52.3 Å². The third-order valence-corrected chi connectivity index (χ3v) is 9.54. The van der Waals surface area contributed by atoms with Gasteiger partial charge in [-0.25, -0.2) is 4.57 Å². The Morgan fingerprint density at radius 3 is 1.69 bits per heavy atom. The number of likely N-dealkylation sites (N-methyl/N-ethyl adjacent to an activating group) is 1. The Balaban J connectivity index is 4.73. The number of hydrogen-bond acceptors (Lipinski definition) is 9. The van der Waals surface area contributed by atoms with Crippen LogP contribution in [0.5, 0.6) is 0 Å². The van der Waals surface area contributed by atoms with Gasteiger partial charge in [0.15, 0.2) is 6.10 Å². The van der Waals surface area contributed by atoms with E-state index < -0.39 is 44.7 Å². The van der Waals surface area contributed by atoms with Gasteiger partial charge >= 0.3 is 19.8 Å². The minimum absolute atomic E-state index is 0.0247. The van der Waals surface area contributed by atoms with Crippen LogP contribution in [0, 0.1) is 0 Å². The summed E-state index contributed by atoms with van der Waals surface area (Å²) in [7, 11) is 1.29. The summed E-state index contributed by atoms with van der Waals surface area (Å²) < 4.78 is 34.1. The van der Waals surface area contributed by atoms with Gasteiger partial charge in [-0.15, -0.1) is 0 Å². The number of esters is 2. The van der Waals surface area contributed by atoms with Crippen molar-refractivity contribution in [3.63, 3.8) is 0 Å². The molecule has 11 nitrogen and oxygen atoms in total. The van der Waals surface area contributed by atoms with E-state index in [-0.39, 0.29) is 26.1 Å². The van der Waals surface area contributed by atoms with E-state index in [4.69, 9.17) is 18.5 Å². The van der Waals surface area contributed by atoms with Gasteiger partial charge < -0.3 is 29.1 Å². The molecule has 0 aromatic rings. The molecule has 0 aromatic carbocycles. The second-order valence-electron chi connectivity index (χ2n) is 15.7. The van der Waals surface area contributed by atoms with Gasteiger partial charge in [-0.05, 0) is 77.0 Å². The van der Waals surface area contributed by atoms with E-state index >= 15 is 0 Å². The lowest BCUT2D eigenvalue weighted by molar-refractivity contribution is -0.870. The van der Waals surface area contributed by atoms with Crippen molar-refractivity contribution in [1.29, 1.82) is 0 Å². The average Bonchev–Trinajstić information content (AvgIpc) is 3.24. The fraction of sp³-hybridized carbons (Fsp3) is 0.500. The largest absolute Gasteiger partial charge is 0.472 e. The van der Waals surface area contributed by atoms with Crippen LogP contribution in [0.25, 0.3) is 0 Å². The lowest BCUT2D eigenvalue weighted by Crippen LogP contribution is -2.37. The van der Waals surface area contributed by atoms with Crippen molar-refractivity contribution in [2.75, 3.05) is 47.5 Å². The summed E-state index contributed by atoms with van der Waals surface area (Å²) in [5.41, 5.74) is 0. The smallest absolute Gasteiger partial charge is 0.462 e. The zero-order chi connectivity index (χ0) is 47.4. The Hall–Kier alpha value is -4.19. The molecule has 358 valence electrons. The summed E-state index contributed by atoms with van der Waals surface area (Å²) in [6.45, 7) is 3.76. The number of ether oxygens (including phenoxy) is 2. The first kappa shape index (κ1) is 59.8. The molecule has 0 amide bonds. The number of hydrogen-bond donors (Lipinski definition) is 3. The van der Waals surface area contributed by atoms with E-state index in [1.165, 1.54) is 0 Å². The van der Waals surface area contributed by atoms with Crippen LogP contribution in [0.1, 0.15) is 104 Å². The molecule has 0 aliphatic carbocycles. The molecule has 0 bridgehead atoms. The quantitative estimate of drug-likeness (QED) is 0.0136. The molecule has 64 heavy (non-hydrogen) atoms. The molecule has 1 unspecified atom stereocenters.